The molecule has 0 amide bonds. The number of carboxylic acid groups (broad SMARTS) is 1. The van der Waals surface area contributed by atoms with E-state index >= 15 is 0 Å². The molecular formula is C15H22N2O3. The maximum Gasteiger partial charge on any atom is 0.311 e. The molecule has 0 radical (unpaired) electrons. The maximum absolute atomic E-state index is 11.7. The van der Waals surface area contributed by atoms with E-state index in [1.807, 2.05) is 12.1 Å². The topological polar surface area (TPSA) is 62.7 Å². The van der Waals surface area contributed by atoms with Crippen molar-refractivity contribution in [2.24, 2.45) is 5.41 Å². The van der Waals surface area contributed by atoms with Crippen LogP contribution in [0.1, 0.15) is 24.8 Å². The first-order valence-electron chi connectivity index (χ1n) is 7.00. The molecule has 0 aliphatic carbocycles. The van der Waals surface area contributed by atoms with Crippen LogP contribution in [0.4, 0.5) is 0 Å². The number of aliphatic carboxylic acids is 1. The number of methoxy groups -OCH3 is 1. The van der Waals surface area contributed by atoms with Crippen molar-refractivity contribution in [3.63, 3.8) is 0 Å². The molecule has 1 N–H and O–H groups in total. The molecule has 1 atom stereocenters. The summed E-state index contributed by atoms with van der Waals surface area (Å²) in [5.41, 5.74) is 0.509. The molecule has 110 valence electrons. The average Bonchev–Trinajstić information content (AvgIpc) is 2.46. The number of ether oxygens (including phenoxy) is 1. The third-order valence-corrected chi connectivity index (χ3v) is 4.05. The summed E-state index contributed by atoms with van der Waals surface area (Å²) in [6.07, 6.45) is 5.77. The molecular weight excluding hydrogens is 256 g/mol. The average molecular weight is 278 g/mol. The Morgan fingerprint density at radius 3 is 2.90 bits per heavy atom. The summed E-state index contributed by atoms with van der Waals surface area (Å²) in [6.45, 7) is 2.82. The minimum Gasteiger partial charge on any atom is -0.481 e. The summed E-state index contributed by atoms with van der Waals surface area (Å²) < 4.78 is 5.08. The van der Waals surface area contributed by atoms with Crippen molar-refractivity contribution in [3.8, 4) is 0 Å². The van der Waals surface area contributed by atoms with Gasteiger partial charge in [0.1, 0.15) is 0 Å². The number of carbonyl (C=O) groups is 1. The zero-order valence-electron chi connectivity index (χ0n) is 11.9. The number of rotatable bonds is 6. The van der Waals surface area contributed by atoms with Gasteiger partial charge in [0.05, 0.1) is 5.41 Å². The number of aromatic nitrogens is 1. The van der Waals surface area contributed by atoms with Gasteiger partial charge in [0.15, 0.2) is 0 Å². The van der Waals surface area contributed by atoms with Crippen LogP contribution in [-0.2, 0) is 16.1 Å². The highest BCUT2D eigenvalue weighted by Crippen LogP contribution is 2.34. The Balaban J connectivity index is 2.04. The summed E-state index contributed by atoms with van der Waals surface area (Å²) in [5, 5.41) is 9.61. The molecule has 1 aromatic rings. The number of nitrogens with zero attached hydrogens (tertiary/aromatic N) is 2. The highest BCUT2D eigenvalue weighted by Gasteiger charge is 2.41. The Bertz CT molecular complexity index is 438. The van der Waals surface area contributed by atoms with E-state index in [0.29, 0.717) is 19.6 Å². The van der Waals surface area contributed by atoms with Crippen LogP contribution in [0, 0.1) is 5.41 Å². The van der Waals surface area contributed by atoms with E-state index in [1.54, 1.807) is 19.5 Å². The van der Waals surface area contributed by atoms with Crippen LogP contribution < -0.4 is 0 Å². The van der Waals surface area contributed by atoms with Crippen LogP contribution in [0.2, 0.25) is 0 Å². The van der Waals surface area contributed by atoms with Gasteiger partial charge in [-0.1, -0.05) is 0 Å². The van der Waals surface area contributed by atoms with Gasteiger partial charge < -0.3 is 9.84 Å². The third kappa shape index (κ3) is 3.55. The number of carboxylic acids is 1. The third-order valence-electron chi connectivity index (χ3n) is 4.05. The van der Waals surface area contributed by atoms with Gasteiger partial charge in [-0.15, -0.1) is 0 Å². The van der Waals surface area contributed by atoms with Crippen molar-refractivity contribution in [2.45, 2.75) is 25.8 Å². The number of hydrogen-bond donors (Lipinski definition) is 1. The quantitative estimate of drug-likeness (QED) is 0.859. The molecule has 2 rings (SSSR count). The highest BCUT2D eigenvalue weighted by atomic mass is 16.5. The van der Waals surface area contributed by atoms with E-state index in [1.165, 1.54) is 5.56 Å². The molecule has 1 aromatic heterocycles. The Morgan fingerprint density at radius 2 is 2.25 bits per heavy atom. The second kappa shape index (κ2) is 6.81. The van der Waals surface area contributed by atoms with Crippen LogP contribution in [0.5, 0.6) is 0 Å². The first-order valence-corrected chi connectivity index (χ1v) is 7.00. The molecule has 5 heteroatoms. The van der Waals surface area contributed by atoms with Crippen LogP contribution in [0.25, 0.3) is 0 Å². The monoisotopic (exact) mass is 278 g/mol. The zero-order valence-corrected chi connectivity index (χ0v) is 11.9. The zero-order chi connectivity index (χ0) is 14.4. The first-order chi connectivity index (χ1) is 9.66. The SMILES string of the molecule is COCCC1(C(=O)O)CCCN(Cc2ccncc2)C1. The van der Waals surface area contributed by atoms with Gasteiger partial charge in [-0.2, -0.15) is 0 Å². The summed E-state index contributed by atoms with van der Waals surface area (Å²) in [4.78, 5) is 17.9. The second-order valence-electron chi connectivity index (χ2n) is 5.50. The summed E-state index contributed by atoms with van der Waals surface area (Å²) in [5.74, 6) is -0.700. The van der Waals surface area contributed by atoms with Crippen LogP contribution in [0.15, 0.2) is 24.5 Å². The first kappa shape index (κ1) is 14.9. The minimum atomic E-state index is -0.700. The fourth-order valence-corrected chi connectivity index (χ4v) is 2.89. The lowest BCUT2D eigenvalue weighted by atomic mass is 9.77. The van der Waals surface area contributed by atoms with E-state index in [-0.39, 0.29) is 0 Å². The molecule has 5 nitrogen and oxygen atoms in total. The van der Waals surface area contributed by atoms with Crippen molar-refractivity contribution in [2.75, 3.05) is 26.8 Å². The van der Waals surface area contributed by atoms with Gasteiger partial charge in [-0.25, -0.2) is 0 Å². The van der Waals surface area contributed by atoms with Crippen molar-refractivity contribution in [3.05, 3.63) is 30.1 Å². The normalized spacial score (nSPS) is 23.6. The lowest BCUT2D eigenvalue weighted by molar-refractivity contribution is -0.154. The molecule has 0 saturated carbocycles. The molecule has 1 aliphatic rings. The van der Waals surface area contributed by atoms with E-state index in [0.717, 1.165) is 25.9 Å². The molecule has 0 bridgehead atoms. The Morgan fingerprint density at radius 1 is 1.50 bits per heavy atom. The standard InChI is InChI=1S/C15H22N2O3/c1-20-10-6-15(14(18)19)5-2-9-17(12-15)11-13-3-7-16-8-4-13/h3-4,7-8H,2,5-6,9-12H2,1H3,(H,18,19). The molecule has 1 saturated heterocycles. The van der Waals surface area contributed by atoms with Crippen molar-refractivity contribution < 1.29 is 14.6 Å². The van der Waals surface area contributed by atoms with E-state index in [9.17, 15) is 9.90 Å². The summed E-state index contributed by atoms with van der Waals surface area (Å²) in [6, 6.07) is 3.96. The molecule has 0 aromatic carbocycles. The van der Waals surface area contributed by atoms with Crippen molar-refractivity contribution in [1.82, 2.24) is 9.88 Å². The molecule has 1 unspecified atom stereocenters. The lowest BCUT2D eigenvalue weighted by Crippen LogP contribution is -2.48. The van der Waals surface area contributed by atoms with E-state index < -0.39 is 11.4 Å². The van der Waals surface area contributed by atoms with Gasteiger partial charge in [0, 0.05) is 39.2 Å². The van der Waals surface area contributed by atoms with Crippen molar-refractivity contribution in [1.29, 1.82) is 0 Å². The van der Waals surface area contributed by atoms with E-state index in [4.69, 9.17) is 4.74 Å². The largest absolute Gasteiger partial charge is 0.481 e. The number of likely N-dealkylation sites (tertiary alicyclic amines) is 1. The maximum atomic E-state index is 11.7. The smallest absolute Gasteiger partial charge is 0.311 e. The van der Waals surface area contributed by atoms with Crippen LogP contribution >= 0.6 is 0 Å². The fourth-order valence-electron chi connectivity index (χ4n) is 2.89. The lowest BCUT2D eigenvalue weighted by Gasteiger charge is -2.40. The molecule has 2 heterocycles. The number of pyridine rings is 1. The Kier molecular flexibility index (Phi) is 5.09. The van der Waals surface area contributed by atoms with E-state index in [2.05, 4.69) is 9.88 Å². The van der Waals surface area contributed by atoms with Gasteiger partial charge in [0.2, 0.25) is 0 Å². The highest BCUT2D eigenvalue weighted by molar-refractivity contribution is 5.75. The van der Waals surface area contributed by atoms with Gasteiger partial charge >= 0.3 is 5.97 Å². The minimum absolute atomic E-state index is 0.495. The van der Waals surface area contributed by atoms with Crippen molar-refractivity contribution >= 4 is 5.97 Å². The second-order valence-corrected chi connectivity index (χ2v) is 5.50. The van der Waals surface area contributed by atoms with Crippen LogP contribution in [0.3, 0.4) is 0 Å². The Labute approximate surface area is 119 Å². The summed E-state index contributed by atoms with van der Waals surface area (Å²) >= 11 is 0. The Hall–Kier alpha value is -1.46. The molecule has 0 spiro atoms. The molecule has 1 aliphatic heterocycles. The molecule has 1 fully saturated rings. The number of hydrogen-bond acceptors (Lipinski definition) is 4. The predicted molar refractivity (Wildman–Crippen MR) is 75.3 cm³/mol. The van der Waals surface area contributed by atoms with Gasteiger partial charge in [-0.05, 0) is 43.5 Å². The molecule has 20 heavy (non-hydrogen) atoms. The number of piperidine rings is 1. The van der Waals surface area contributed by atoms with Gasteiger partial charge in [0.25, 0.3) is 0 Å². The van der Waals surface area contributed by atoms with Gasteiger partial charge in [-0.3, -0.25) is 14.7 Å². The van der Waals surface area contributed by atoms with Crippen LogP contribution in [-0.4, -0.2) is 47.8 Å². The summed E-state index contributed by atoms with van der Waals surface area (Å²) in [7, 11) is 1.62. The predicted octanol–water partition coefficient (Wildman–Crippen LogP) is 1.78. The fraction of sp³-hybridized carbons (Fsp3) is 0.600.